The fourth-order valence-corrected chi connectivity index (χ4v) is 2.85. The molecule has 110 valence electrons. The van der Waals surface area contributed by atoms with Gasteiger partial charge in [-0.2, -0.15) is 0 Å². The fraction of sp³-hybridized carbons (Fsp3) is 0.333. The van der Waals surface area contributed by atoms with E-state index in [4.69, 9.17) is 0 Å². The van der Waals surface area contributed by atoms with Gasteiger partial charge in [0.05, 0.1) is 6.04 Å². The van der Waals surface area contributed by atoms with Gasteiger partial charge in [-0.25, -0.2) is 14.8 Å². The van der Waals surface area contributed by atoms with Crippen molar-refractivity contribution in [2.45, 2.75) is 25.3 Å². The first-order valence-corrected chi connectivity index (χ1v) is 7.64. The highest BCUT2D eigenvalue weighted by molar-refractivity contribution is 5.31. The highest BCUT2D eigenvalue weighted by Gasteiger charge is 2.18. The number of piperidine rings is 1. The molecule has 1 atom stereocenters. The third kappa shape index (κ3) is 3.69. The summed E-state index contributed by atoms with van der Waals surface area (Å²) in [5, 5.41) is 2.30. The van der Waals surface area contributed by atoms with Gasteiger partial charge in [-0.15, -0.1) is 0 Å². The largest absolute Gasteiger partial charge is 0.244 e. The summed E-state index contributed by atoms with van der Waals surface area (Å²) in [7, 11) is 0. The Balaban J connectivity index is 1.85. The second kappa shape index (κ2) is 6.83. The third-order valence-corrected chi connectivity index (χ3v) is 4.00. The summed E-state index contributed by atoms with van der Waals surface area (Å²) in [6.45, 7) is 2.15. The van der Waals surface area contributed by atoms with E-state index in [1.807, 2.05) is 30.3 Å². The number of nitrogens with one attached hydrogen (secondary N) is 1. The van der Waals surface area contributed by atoms with E-state index in [0.717, 1.165) is 18.7 Å². The van der Waals surface area contributed by atoms with Crippen molar-refractivity contribution >= 4 is 0 Å². The van der Waals surface area contributed by atoms with Crippen LogP contribution in [0.4, 0.5) is 4.39 Å². The maximum absolute atomic E-state index is 13.2. The van der Waals surface area contributed by atoms with Crippen molar-refractivity contribution in [3.63, 3.8) is 0 Å². The van der Waals surface area contributed by atoms with Gasteiger partial charge in [0, 0.05) is 13.1 Å². The standard InChI is InChI=1S/C18H21FN2/c19-17-11-9-16(10-12-17)18(15-7-3-1-4-8-15)20-21-13-5-2-6-14-21/h1,3-4,7-12,18,20H,2,5-6,13-14H2. The summed E-state index contributed by atoms with van der Waals surface area (Å²) in [4.78, 5) is 0. The van der Waals surface area contributed by atoms with E-state index in [-0.39, 0.29) is 11.9 Å². The Labute approximate surface area is 125 Å². The molecule has 1 saturated heterocycles. The van der Waals surface area contributed by atoms with Gasteiger partial charge in [0.15, 0.2) is 0 Å². The Morgan fingerprint density at radius 1 is 0.810 bits per heavy atom. The van der Waals surface area contributed by atoms with E-state index < -0.39 is 0 Å². The molecular weight excluding hydrogens is 263 g/mol. The van der Waals surface area contributed by atoms with E-state index in [9.17, 15) is 4.39 Å². The molecule has 0 spiro atoms. The molecule has 1 unspecified atom stereocenters. The van der Waals surface area contributed by atoms with Crippen molar-refractivity contribution in [3.05, 3.63) is 71.5 Å². The van der Waals surface area contributed by atoms with Crippen LogP contribution in [0.2, 0.25) is 0 Å². The number of benzene rings is 2. The van der Waals surface area contributed by atoms with E-state index in [2.05, 4.69) is 22.6 Å². The minimum atomic E-state index is -0.191. The number of hydrazine groups is 1. The normalized spacial score (nSPS) is 17.6. The first kappa shape index (κ1) is 14.2. The summed E-state index contributed by atoms with van der Waals surface area (Å²) < 4.78 is 13.2. The molecule has 0 saturated carbocycles. The minimum absolute atomic E-state index is 0.0740. The molecule has 3 rings (SSSR count). The van der Waals surface area contributed by atoms with Crippen LogP contribution >= 0.6 is 0 Å². The number of rotatable bonds is 4. The lowest BCUT2D eigenvalue weighted by Crippen LogP contribution is -2.43. The molecule has 2 aromatic rings. The molecular formula is C18H21FN2. The Hall–Kier alpha value is -1.71. The molecule has 0 amide bonds. The molecule has 1 fully saturated rings. The van der Waals surface area contributed by atoms with Crippen LogP contribution in [0.5, 0.6) is 0 Å². The van der Waals surface area contributed by atoms with Gasteiger partial charge in [0.25, 0.3) is 0 Å². The van der Waals surface area contributed by atoms with Crippen LogP contribution in [0.1, 0.15) is 36.4 Å². The summed E-state index contributed by atoms with van der Waals surface area (Å²) in [6, 6.07) is 17.2. The molecule has 1 N–H and O–H groups in total. The van der Waals surface area contributed by atoms with Crippen molar-refractivity contribution < 1.29 is 4.39 Å². The van der Waals surface area contributed by atoms with E-state index in [1.165, 1.54) is 37.0 Å². The summed E-state index contributed by atoms with van der Waals surface area (Å²) in [5.74, 6) is -0.191. The van der Waals surface area contributed by atoms with Gasteiger partial charge in [-0.3, -0.25) is 0 Å². The van der Waals surface area contributed by atoms with E-state index in [1.54, 1.807) is 0 Å². The lowest BCUT2D eigenvalue weighted by atomic mass is 9.99. The summed E-state index contributed by atoms with van der Waals surface area (Å²) in [5.41, 5.74) is 5.91. The Bertz CT molecular complexity index is 547. The average molecular weight is 284 g/mol. The molecule has 0 aromatic heterocycles. The molecule has 0 bridgehead atoms. The van der Waals surface area contributed by atoms with Gasteiger partial charge in [-0.05, 0) is 36.1 Å². The first-order valence-electron chi connectivity index (χ1n) is 7.64. The number of halogens is 1. The Kier molecular flexibility index (Phi) is 4.63. The quantitative estimate of drug-likeness (QED) is 0.916. The topological polar surface area (TPSA) is 15.3 Å². The zero-order valence-corrected chi connectivity index (χ0v) is 12.1. The number of hydrogen-bond donors (Lipinski definition) is 1. The van der Waals surface area contributed by atoms with Crippen LogP contribution in [-0.4, -0.2) is 18.1 Å². The average Bonchev–Trinajstić information content (AvgIpc) is 2.55. The van der Waals surface area contributed by atoms with Crippen molar-refractivity contribution in [1.29, 1.82) is 0 Å². The zero-order valence-electron chi connectivity index (χ0n) is 12.1. The third-order valence-electron chi connectivity index (χ3n) is 4.00. The number of hydrogen-bond acceptors (Lipinski definition) is 2. The van der Waals surface area contributed by atoms with Gasteiger partial charge >= 0.3 is 0 Å². The molecule has 21 heavy (non-hydrogen) atoms. The molecule has 2 aromatic carbocycles. The van der Waals surface area contributed by atoms with E-state index in [0.29, 0.717) is 0 Å². The number of nitrogens with zero attached hydrogens (tertiary/aromatic N) is 1. The lowest BCUT2D eigenvalue weighted by molar-refractivity contribution is 0.138. The Morgan fingerprint density at radius 3 is 2.10 bits per heavy atom. The predicted molar refractivity (Wildman–Crippen MR) is 83.2 cm³/mol. The van der Waals surface area contributed by atoms with Gasteiger partial charge in [0.2, 0.25) is 0 Å². The van der Waals surface area contributed by atoms with Gasteiger partial charge in [0.1, 0.15) is 5.82 Å². The molecule has 3 heteroatoms. The molecule has 2 nitrogen and oxygen atoms in total. The Morgan fingerprint density at radius 2 is 1.43 bits per heavy atom. The SMILES string of the molecule is Fc1ccc(C(NN2CCCCC2)c2ccccc2)cc1. The second-order valence-electron chi connectivity index (χ2n) is 5.57. The van der Waals surface area contributed by atoms with Gasteiger partial charge in [-0.1, -0.05) is 48.9 Å². The van der Waals surface area contributed by atoms with Crippen LogP contribution in [0, 0.1) is 5.82 Å². The summed E-state index contributed by atoms with van der Waals surface area (Å²) in [6.07, 6.45) is 3.78. The molecule has 0 radical (unpaired) electrons. The van der Waals surface area contributed by atoms with Crippen LogP contribution in [0.3, 0.4) is 0 Å². The minimum Gasteiger partial charge on any atom is -0.244 e. The fourth-order valence-electron chi connectivity index (χ4n) is 2.85. The zero-order chi connectivity index (χ0) is 14.5. The highest BCUT2D eigenvalue weighted by Crippen LogP contribution is 2.23. The highest BCUT2D eigenvalue weighted by atomic mass is 19.1. The van der Waals surface area contributed by atoms with Crippen molar-refractivity contribution in [2.75, 3.05) is 13.1 Å². The second-order valence-corrected chi connectivity index (χ2v) is 5.57. The maximum atomic E-state index is 13.2. The molecule has 1 heterocycles. The van der Waals surface area contributed by atoms with Gasteiger partial charge < -0.3 is 0 Å². The van der Waals surface area contributed by atoms with Crippen molar-refractivity contribution in [3.8, 4) is 0 Å². The first-order chi connectivity index (χ1) is 10.3. The molecule has 1 aliphatic rings. The summed E-state index contributed by atoms with van der Waals surface area (Å²) >= 11 is 0. The molecule has 0 aliphatic carbocycles. The van der Waals surface area contributed by atoms with Crippen LogP contribution in [-0.2, 0) is 0 Å². The van der Waals surface area contributed by atoms with Crippen molar-refractivity contribution in [2.24, 2.45) is 0 Å². The van der Waals surface area contributed by atoms with Crippen molar-refractivity contribution in [1.82, 2.24) is 10.4 Å². The lowest BCUT2D eigenvalue weighted by Gasteiger charge is -2.32. The van der Waals surface area contributed by atoms with E-state index >= 15 is 0 Å². The monoisotopic (exact) mass is 284 g/mol. The van der Waals surface area contributed by atoms with Crippen LogP contribution in [0.25, 0.3) is 0 Å². The van der Waals surface area contributed by atoms with Crippen LogP contribution < -0.4 is 5.43 Å². The predicted octanol–water partition coefficient (Wildman–Crippen LogP) is 3.91. The smallest absolute Gasteiger partial charge is 0.123 e. The van der Waals surface area contributed by atoms with Crippen LogP contribution in [0.15, 0.2) is 54.6 Å². The maximum Gasteiger partial charge on any atom is 0.123 e. The molecule has 1 aliphatic heterocycles.